The van der Waals surface area contributed by atoms with Crippen LogP contribution in [0.15, 0.2) is 89.9 Å². The first kappa shape index (κ1) is 19.2. The van der Waals surface area contributed by atoms with Crippen LogP contribution in [-0.4, -0.2) is 16.7 Å². The molecule has 1 aliphatic rings. The zero-order valence-electron chi connectivity index (χ0n) is 16.3. The number of carbonyl (C=O) groups is 2. The smallest absolute Gasteiger partial charge is 0.278 e. The fraction of sp³-hybridized carbons (Fsp3) is 0.0400. The number of imide groups is 1. The van der Waals surface area contributed by atoms with Crippen molar-refractivity contribution in [2.45, 2.75) is 6.54 Å². The normalized spacial score (nSPS) is 14.0. The van der Waals surface area contributed by atoms with Gasteiger partial charge in [0.1, 0.15) is 11.5 Å². The van der Waals surface area contributed by atoms with Gasteiger partial charge in [-0.05, 0) is 29.0 Å². The third kappa shape index (κ3) is 3.41. The molecule has 0 unspecified atom stereocenters. The summed E-state index contributed by atoms with van der Waals surface area (Å²) >= 11 is 1.38. The van der Waals surface area contributed by atoms with Gasteiger partial charge in [-0.15, -0.1) is 11.3 Å². The predicted octanol–water partition coefficient (Wildman–Crippen LogP) is 5.43. The number of rotatable bonds is 5. The fourth-order valence-electron chi connectivity index (χ4n) is 3.75. The van der Waals surface area contributed by atoms with Gasteiger partial charge in [-0.1, -0.05) is 60.7 Å². The summed E-state index contributed by atoms with van der Waals surface area (Å²) in [5.41, 5.74) is 1.54. The second kappa shape index (κ2) is 7.81. The molecule has 0 atom stereocenters. The molecule has 4 aromatic rings. The van der Waals surface area contributed by atoms with Crippen LogP contribution in [0.2, 0.25) is 0 Å². The Hall–Kier alpha value is -3.77. The average molecular weight is 428 g/mol. The number of carbonyl (C=O) groups excluding carboxylic acids is 2. The molecular weight excluding hydrogens is 411 g/mol. The molecule has 2 amide bonds. The van der Waals surface area contributed by atoms with Gasteiger partial charge in [-0.3, -0.25) is 14.5 Å². The van der Waals surface area contributed by atoms with Crippen molar-refractivity contribution < 1.29 is 14.0 Å². The van der Waals surface area contributed by atoms with Crippen LogP contribution in [0.5, 0.6) is 0 Å². The summed E-state index contributed by atoms with van der Waals surface area (Å²) in [5.74, 6) is -1.35. The zero-order valence-corrected chi connectivity index (χ0v) is 17.2. The van der Waals surface area contributed by atoms with Crippen LogP contribution in [0.25, 0.3) is 16.3 Å². The van der Waals surface area contributed by atoms with Crippen molar-refractivity contribution in [2.24, 2.45) is 0 Å². The Kier molecular flexibility index (Phi) is 4.84. The number of anilines is 1. The fourth-order valence-corrected chi connectivity index (χ4v) is 4.52. The van der Waals surface area contributed by atoms with Gasteiger partial charge in [-0.2, -0.15) is 0 Å². The number of nitrogens with zero attached hydrogens (tertiary/aromatic N) is 1. The maximum atomic E-state index is 14.2. The summed E-state index contributed by atoms with van der Waals surface area (Å²) in [4.78, 5) is 28.4. The van der Waals surface area contributed by atoms with Gasteiger partial charge in [0.25, 0.3) is 11.8 Å². The van der Waals surface area contributed by atoms with E-state index in [1.165, 1.54) is 17.4 Å². The Balaban J connectivity index is 1.58. The maximum Gasteiger partial charge on any atom is 0.278 e. The Labute approximate surface area is 182 Å². The minimum atomic E-state index is -0.468. The predicted molar refractivity (Wildman–Crippen MR) is 121 cm³/mol. The van der Waals surface area contributed by atoms with Crippen molar-refractivity contribution in [1.29, 1.82) is 0 Å². The molecule has 3 aromatic carbocycles. The molecule has 31 heavy (non-hydrogen) atoms. The first-order valence-electron chi connectivity index (χ1n) is 9.76. The molecule has 0 aliphatic carbocycles. The van der Waals surface area contributed by atoms with Gasteiger partial charge in [0.15, 0.2) is 0 Å². The van der Waals surface area contributed by atoms with E-state index < -0.39 is 17.6 Å². The summed E-state index contributed by atoms with van der Waals surface area (Å²) in [6.45, 7) is -0.125. The average Bonchev–Trinajstić information content (AvgIpc) is 3.38. The number of amides is 2. The van der Waals surface area contributed by atoms with E-state index in [4.69, 9.17) is 0 Å². The van der Waals surface area contributed by atoms with Crippen molar-refractivity contribution >= 4 is 45.2 Å². The SMILES string of the molecule is O=C1C(Nc2cccc3ccccc23)=C(c2cccs2)C(=O)N1Cc1ccccc1F. The van der Waals surface area contributed by atoms with Gasteiger partial charge < -0.3 is 5.32 Å². The van der Waals surface area contributed by atoms with Gasteiger partial charge in [-0.25, -0.2) is 4.39 Å². The molecule has 0 saturated carbocycles. The van der Waals surface area contributed by atoms with Crippen LogP contribution < -0.4 is 5.32 Å². The van der Waals surface area contributed by atoms with Gasteiger partial charge in [0.2, 0.25) is 0 Å². The monoisotopic (exact) mass is 428 g/mol. The van der Waals surface area contributed by atoms with Crippen molar-refractivity contribution in [3.05, 3.63) is 106 Å². The number of fused-ring (bicyclic) bond motifs is 1. The minimum absolute atomic E-state index is 0.125. The molecule has 5 rings (SSSR count). The topological polar surface area (TPSA) is 49.4 Å². The van der Waals surface area contributed by atoms with Crippen molar-refractivity contribution in [1.82, 2.24) is 4.90 Å². The molecule has 6 heteroatoms. The van der Waals surface area contributed by atoms with Gasteiger partial charge in [0.05, 0.1) is 12.1 Å². The van der Waals surface area contributed by atoms with Crippen LogP contribution in [-0.2, 0) is 16.1 Å². The lowest BCUT2D eigenvalue weighted by molar-refractivity contribution is -0.137. The van der Waals surface area contributed by atoms with E-state index in [1.807, 2.05) is 60.0 Å². The number of hydrogen-bond donors (Lipinski definition) is 1. The van der Waals surface area contributed by atoms with E-state index in [0.29, 0.717) is 16.0 Å². The maximum absolute atomic E-state index is 14.2. The minimum Gasteiger partial charge on any atom is -0.350 e. The van der Waals surface area contributed by atoms with Gasteiger partial charge in [0, 0.05) is 21.5 Å². The van der Waals surface area contributed by atoms with Crippen LogP contribution >= 0.6 is 11.3 Å². The lowest BCUT2D eigenvalue weighted by Crippen LogP contribution is -2.32. The van der Waals surface area contributed by atoms with Crippen LogP contribution in [0.1, 0.15) is 10.4 Å². The third-order valence-electron chi connectivity index (χ3n) is 5.27. The molecule has 152 valence electrons. The summed E-state index contributed by atoms with van der Waals surface area (Å²) < 4.78 is 14.2. The van der Waals surface area contributed by atoms with Crippen LogP contribution in [0, 0.1) is 5.82 Å². The lowest BCUT2D eigenvalue weighted by Gasteiger charge is -2.16. The molecule has 4 nitrogen and oxygen atoms in total. The quantitative estimate of drug-likeness (QED) is 0.431. The molecule has 0 spiro atoms. The highest BCUT2D eigenvalue weighted by atomic mass is 32.1. The summed E-state index contributed by atoms with van der Waals surface area (Å²) in [7, 11) is 0. The van der Waals surface area contributed by atoms with Crippen LogP contribution in [0.4, 0.5) is 10.1 Å². The third-order valence-corrected chi connectivity index (χ3v) is 6.16. The number of thiophene rings is 1. The molecule has 0 fully saturated rings. The zero-order chi connectivity index (χ0) is 21.4. The first-order valence-corrected chi connectivity index (χ1v) is 10.6. The molecule has 0 radical (unpaired) electrons. The highest BCUT2D eigenvalue weighted by Crippen LogP contribution is 2.35. The largest absolute Gasteiger partial charge is 0.350 e. The van der Waals surface area contributed by atoms with E-state index in [9.17, 15) is 14.0 Å². The van der Waals surface area contributed by atoms with Crippen molar-refractivity contribution in [2.75, 3.05) is 5.32 Å². The van der Waals surface area contributed by atoms with E-state index in [-0.39, 0.29) is 12.2 Å². The highest BCUT2D eigenvalue weighted by molar-refractivity contribution is 7.11. The second-order valence-corrected chi connectivity index (χ2v) is 8.11. The number of benzene rings is 3. The molecule has 0 saturated heterocycles. The molecule has 1 aliphatic heterocycles. The summed E-state index contributed by atoms with van der Waals surface area (Å²) in [6.07, 6.45) is 0. The van der Waals surface area contributed by atoms with E-state index in [0.717, 1.165) is 21.4 Å². The molecular formula is C25H17FN2O2S. The molecule has 1 aromatic heterocycles. The van der Waals surface area contributed by atoms with E-state index in [2.05, 4.69) is 5.32 Å². The Morgan fingerprint density at radius 1 is 0.839 bits per heavy atom. The Morgan fingerprint density at radius 3 is 2.42 bits per heavy atom. The first-order chi connectivity index (χ1) is 15.1. The second-order valence-electron chi connectivity index (χ2n) is 7.17. The molecule has 2 heterocycles. The van der Waals surface area contributed by atoms with Crippen molar-refractivity contribution in [3.8, 4) is 0 Å². The Morgan fingerprint density at radius 2 is 1.61 bits per heavy atom. The number of hydrogen-bond acceptors (Lipinski definition) is 4. The standard InChI is InChI=1S/C25H17FN2O2S/c26-19-11-4-2-8-17(19)15-28-24(29)22(21-13-6-14-31-21)23(25(28)30)27-20-12-5-9-16-7-1-3-10-18(16)20/h1-14,27H,15H2. The Bertz CT molecular complexity index is 1340. The summed E-state index contributed by atoms with van der Waals surface area (Å²) in [6, 6.07) is 23.4. The number of halogens is 1. The van der Waals surface area contributed by atoms with E-state index in [1.54, 1.807) is 18.2 Å². The lowest BCUT2D eigenvalue weighted by atomic mass is 10.1. The molecule has 1 N–H and O–H groups in total. The van der Waals surface area contributed by atoms with Crippen LogP contribution in [0.3, 0.4) is 0 Å². The van der Waals surface area contributed by atoms with E-state index >= 15 is 0 Å². The number of nitrogens with one attached hydrogen (secondary N) is 1. The summed E-state index contributed by atoms with van der Waals surface area (Å²) in [5, 5.41) is 7.03. The highest BCUT2D eigenvalue weighted by Gasteiger charge is 2.40. The molecule has 0 bridgehead atoms. The van der Waals surface area contributed by atoms with Crippen molar-refractivity contribution in [3.63, 3.8) is 0 Å². The van der Waals surface area contributed by atoms with Gasteiger partial charge >= 0.3 is 0 Å².